The molecule has 0 aromatic heterocycles. The van der Waals surface area contributed by atoms with E-state index in [1.807, 2.05) is 32.0 Å². The largest absolute Gasteiger partial charge is 0.416 e. The molecule has 0 amide bonds. The van der Waals surface area contributed by atoms with Crippen molar-refractivity contribution in [3.63, 3.8) is 0 Å². The first-order chi connectivity index (χ1) is 9.81. The Labute approximate surface area is 126 Å². The van der Waals surface area contributed by atoms with Crippen LogP contribution >= 0.6 is 11.8 Å². The minimum atomic E-state index is -4.36. The lowest BCUT2D eigenvalue weighted by atomic mass is 10.1. The highest BCUT2D eigenvalue weighted by Gasteiger charge is 2.32. The predicted octanol–water partition coefficient (Wildman–Crippen LogP) is 4.93. The third-order valence-electron chi connectivity index (χ3n) is 3.32. The van der Waals surface area contributed by atoms with Crippen molar-refractivity contribution < 1.29 is 13.2 Å². The van der Waals surface area contributed by atoms with E-state index in [2.05, 4.69) is 0 Å². The van der Waals surface area contributed by atoms with Crippen LogP contribution in [0, 0.1) is 13.8 Å². The molecule has 2 N–H and O–H groups in total. The maximum Gasteiger partial charge on any atom is 0.416 e. The molecule has 0 aliphatic rings. The molecule has 2 rings (SSSR count). The third-order valence-corrected chi connectivity index (χ3v) is 4.30. The van der Waals surface area contributed by atoms with E-state index in [4.69, 9.17) is 5.73 Å². The number of nitrogens with two attached hydrogens (primary N) is 1. The van der Waals surface area contributed by atoms with Crippen LogP contribution in [0.5, 0.6) is 0 Å². The summed E-state index contributed by atoms with van der Waals surface area (Å²) in [6.45, 7) is 3.90. The predicted molar refractivity (Wildman–Crippen MR) is 79.4 cm³/mol. The number of aryl methyl sites for hydroxylation is 2. The van der Waals surface area contributed by atoms with Crippen LogP contribution in [0.2, 0.25) is 0 Å². The lowest BCUT2D eigenvalue weighted by molar-refractivity contribution is -0.138. The molecule has 0 saturated carbocycles. The molecule has 21 heavy (non-hydrogen) atoms. The van der Waals surface area contributed by atoms with Gasteiger partial charge in [0.1, 0.15) is 0 Å². The summed E-state index contributed by atoms with van der Waals surface area (Å²) >= 11 is 1.44. The lowest BCUT2D eigenvalue weighted by Crippen LogP contribution is -2.11. The molecule has 5 heteroatoms. The van der Waals surface area contributed by atoms with Gasteiger partial charge in [0.2, 0.25) is 0 Å². The van der Waals surface area contributed by atoms with Crippen LogP contribution in [0.4, 0.5) is 13.2 Å². The summed E-state index contributed by atoms with van der Waals surface area (Å²) in [5.41, 5.74) is 7.26. The van der Waals surface area contributed by atoms with Gasteiger partial charge in [0.25, 0.3) is 0 Å². The topological polar surface area (TPSA) is 26.0 Å². The lowest BCUT2D eigenvalue weighted by Gasteiger charge is -2.13. The van der Waals surface area contributed by atoms with E-state index in [0.29, 0.717) is 0 Å². The Morgan fingerprint density at radius 1 is 0.952 bits per heavy atom. The molecule has 0 radical (unpaired) electrons. The smallest absolute Gasteiger partial charge is 0.326 e. The quantitative estimate of drug-likeness (QED) is 0.869. The highest BCUT2D eigenvalue weighted by atomic mass is 32.2. The molecule has 0 bridgehead atoms. The Kier molecular flexibility index (Phi) is 4.64. The minimum Gasteiger partial charge on any atom is -0.326 e. The van der Waals surface area contributed by atoms with E-state index in [-0.39, 0.29) is 12.1 Å². The average Bonchev–Trinajstić information content (AvgIpc) is 2.41. The van der Waals surface area contributed by atoms with Crippen LogP contribution in [0.25, 0.3) is 0 Å². The number of alkyl halides is 3. The first kappa shape index (κ1) is 15.9. The van der Waals surface area contributed by atoms with Gasteiger partial charge in [-0.05, 0) is 60.9 Å². The van der Waals surface area contributed by atoms with Crippen molar-refractivity contribution in [2.45, 2.75) is 36.4 Å². The van der Waals surface area contributed by atoms with E-state index >= 15 is 0 Å². The second-order valence-electron chi connectivity index (χ2n) is 4.87. The monoisotopic (exact) mass is 311 g/mol. The van der Waals surface area contributed by atoms with Crippen LogP contribution in [-0.2, 0) is 12.7 Å². The Bertz CT molecular complexity index is 650. The van der Waals surface area contributed by atoms with Crippen LogP contribution in [0.3, 0.4) is 0 Å². The first-order valence-electron chi connectivity index (χ1n) is 6.46. The van der Waals surface area contributed by atoms with Crippen molar-refractivity contribution in [2.24, 2.45) is 5.73 Å². The summed E-state index contributed by atoms with van der Waals surface area (Å²) in [5.74, 6) is 0. The van der Waals surface area contributed by atoms with Gasteiger partial charge < -0.3 is 5.73 Å². The molecule has 0 spiro atoms. The summed E-state index contributed by atoms with van der Waals surface area (Å²) in [7, 11) is 0. The molecule has 112 valence electrons. The minimum absolute atomic E-state index is 0.122. The van der Waals surface area contributed by atoms with Gasteiger partial charge in [0.05, 0.1) is 5.56 Å². The van der Waals surface area contributed by atoms with Gasteiger partial charge in [-0.15, -0.1) is 0 Å². The molecule has 2 aromatic rings. The highest BCUT2D eigenvalue weighted by Crippen LogP contribution is 2.36. The van der Waals surface area contributed by atoms with Crippen molar-refractivity contribution in [1.82, 2.24) is 0 Å². The fraction of sp³-hybridized carbons (Fsp3) is 0.250. The number of rotatable bonds is 3. The summed E-state index contributed by atoms with van der Waals surface area (Å²) < 4.78 is 38.5. The fourth-order valence-electron chi connectivity index (χ4n) is 1.99. The molecule has 0 unspecified atom stereocenters. The summed E-state index contributed by atoms with van der Waals surface area (Å²) in [4.78, 5) is 1.76. The second kappa shape index (κ2) is 6.12. The van der Waals surface area contributed by atoms with Gasteiger partial charge >= 0.3 is 6.18 Å². The zero-order valence-electron chi connectivity index (χ0n) is 11.8. The Balaban J connectivity index is 2.31. The van der Waals surface area contributed by atoms with E-state index in [1.54, 1.807) is 0 Å². The number of hydrogen-bond donors (Lipinski definition) is 1. The molecular weight excluding hydrogens is 295 g/mol. The van der Waals surface area contributed by atoms with Gasteiger partial charge in [-0.3, -0.25) is 0 Å². The van der Waals surface area contributed by atoms with E-state index in [1.165, 1.54) is 29.5 Å². The standard InChI is InChI=1S/C16H16F3NS/c1-10-3-4-13(7-11(10)2)21-14-5-6-15(16(17,18)19)12(8-14)9-20/h3-8H,9,20H2,1-2H3. The average molecular weight is 311 g/mol. The Morgan fingerprint density at radius 3 is 2.14 bits per heavy atom. The SMILES string of the molecule is Cc1ccc(Sc2ccc(C(F)(F)F)c(CN)c2)cc1C. The zero-order valence-corrected chi connectivity index (χ0v) is 12.6. The third kappa shape index (κ3) is 3.80. The highest BCUT2D eigenvalue weighted by molar-refractivity contribution is 7.99. The van der Waals surface area contributed by atoms with E-state index < -0.39 is 11.7 Å². The summed E-state index contributed by atoms with van der Waals surface area (Å²) in [6.07, 6.45) is -4.36. The molecule has 0 saturated heterocycles. The van der Waals surface area contributed by atoms with Gasteiger partial charge in [0.15, 0.2) is 0 Å². The van der Waals surface area contributed by atoms with Crippen molar-refractivity contribution >= 4 is 11.8 Å². The molecule has 1 nitrogen and oxygen atoms in total. The van der Waals surface area contributed by atoms with E-state index in [0.717, 1.165) is 21.4 Å². The maximum absolute atomic E-state index is 12.8. The Morgan fingerprint density at radius 2 is 1.57 bits per heavy atom. The molecule has 0 aliphatic carbocycles. The molecule has 0 heterocycles. The fourth-order valence-corrected chi connectivity index (χ4v) is 2.97. The van der Waals surface area contributed by atoms with Gasteiger partial charge in [-0.25, -0.2) is 0 Å². The molecule has 0 atom stereocenters. The number of benzene rings is 2. The van der Waals surface area contributed by atoms with Crippen LogP contribution < -0.4 is 5.73 Å². The van der Waals surface area contributed by atoms with Crippen LogP contribution in [-0.4, -0.2) is 0 Å². The number of halogens is 3. The summed E-state index contributed by atoms with van der Waals surface area (Å²) in [5, 5.41) is 0. The van der Waals surface area contributed by atoms with Crippen molar-refractivity contribution in [1.29, 1.82) is 0 Å². The summed E-state index contributed by atoms with van der Waals surface area (Å²) in [6, 6.07) is 10.1. The van der Waals surface area contributed by atoms with Crippen LogP contribution in [0.15, 0.2) is 46.2 Å². The van der Waals surface area contributed by atoms with Gasteiger partial charge in [-0.1, -0.05) is 17.8 Å². The van der Waals surface area contributed by atoms with Gasteiger partial charge in [0, 0.05) is 16.3 Å². The Hall–Kier alpha value is -1.46. The molecule has 0 aliphatic heterocycles. The normalized spacial score (nSPS) is 11.7. The van der Waals surface area contributed by atoms with E-state index in [9.17, 15) is 13.2 Å². The van der Waals surface area contributed by atoms with Gasteiger partial charge in [-0.2, -0.15) is 13.2 Å². The molecule has 2 aromatic carbocycles. The molecule has 0 fully saturated rings. The first-order valence-corrected chi connectivity index (χ1v) is 7.28. The maximum atomic E-state index is 12.8. The van der Waals surface area contributed by atoms with Crippen LogP contribution in [0.1, 0.15) is 22.3 Å². The van der Waals surface area contributed by atoms with Crippen molar-refractivity contribution in [2.75, 3.05) is 0 Å². The number of hydrogen-bond acceptors (Lipinski definition) is 2. The zero-order chi connectivity index (χ0) is 15.6. The van der Waals surface area contributed by atoms with Crippen molar-refractivity contribution in [3.8, 4) is 0 Å². The molecular formula is C16H16F3NS. The van der Waals surface area contributed by atoms with Crippen molar-refractivity contribution in [3.05, 3.63) is 58.7 Å². The second-order valence-corrected chi connectivity index (χ2v) is 6.02.